The first-order valence-corrected chi connectivity index (χ1v) is 7.38. The van der Waals surface area contributed by atoms with Crippen molar-refractivity contribution in [1.29, 1.82) is 0 Å². The Morgan fingerprint density at radius 1 is 1.25 bits per heavy atom. The Balaban J connectivity index is 2.13. The molecule has 20 heavy (non-hydrogen) atoms. The summed E-state index contributed by atoms with van der Waals surface area (Å²) in [7, 11) is 1.80. The number of aromatic nitrogens is 1. The van der Waals surface area contributed by atoms with Crippen molar-refractivity contribution >= 4 is 11.7 Å². The van der Waals surface area contributed by atoms with Crippen molar-refractivity contribution in [3.8, 4) is 0 Å². The fourth-order valence-electron chi connectivity index (χ4n) is 3.17. The van der Waals surface area contributed by atoms with Gasteiger partial charge in [0.25, 0.3) is 5.91 Å². The zero-order chi connectivity index (χ0) is 14.9. The van der Waals surface area contributed by atoms with E-state index in [1.54, 1.807) is 23.9 Å². The Hall–Kier alpha value is -1.58. The third-order valence-corrected chi connectivity index (χ3v) is 4.49. The molecule has 1 fully saturated rings. The molecular formula is C16H24N2O2. The standard InChI is InChI=1S/C16H24N2O2/c1-10-6-5-7-11(2)15(10)17-16(20)14-8-13(12(3)19)9-18(14)4/h8-11,15H,5-7H2,1-4H3,(H,17,20). The molecular weight excluding hydrogens is 252 g/mol. The van der Waals surface area contributed by atoms with E-state index in [1.165, 1.54) is 26.2 Å². The molecule has 0 saturated heterocycles. The van der Waals surface area contributed by atoms with E-state index >= 15 is 0 Å². The average molecular weight is 276 g/mol. The van der Waals surface area contributed by atoms with Crippen molar-refractivity contribution in [3.63, 3.8) is 0 Å². The Morgan fingerprint density at radius 2 is 1.85 bits per heavy atom. The van der Waals surface area contributed by atoms with Gasteiger partial charge in [-0.15, -0.1) is 0 Å². The summed E-state index contributed by atoms with van der Waals surface area (Å²) >= 11 is 0. The van der Waals surface area contributed by atoms with Crippen molar-refractivity contribution in [2.45, 2.75) is 46.1 Å². The minimum absolute atomic E-state index is 0.0148. The van der Waals surface area contributed by atoms with E-state index in [0.717, 1.165) is 0 Å². The van der Waals surface area contributed by atoms with Crippen molar-refractivity contribution < 1.29 is 9.59 Å². The zero-order valence-electron chi connectivity index (χ0n) is 12.8. The highest BCUT2D eigenvalue weighted by Crippen LogP contribution is 2.29. The first kappa shape index (κ1) is 14.8. The number of nitrogens with zero attached hydrogens (tertiary/aromatic N) is 1. The highest BCUT2D eigenvalue weighted by atomic mass is 16.2. The van der Waals surface area contributed by atoms with Crippen molar-refractivity contribution in [2.24, 2.45) is 18.9 Å². The molecule has 1 heterocycles. The van der Waals surface area contributed by atoms with Crippen molar-refractivity contribution in [2.75, 3.05) is 0 Å². The van der Waals surface area contributed by atoms with Crippen LogP contribution in [0.5, 0.6) is 0 Å². The molecule has 1 aromatic rings. The number of carbonyl (C=O) groups excluding carboxylic acids is 2. The number of amides is 1. The molecule has 110 valence electrons. The van der Waals surface area contributed by atoms with Crippen molar-refractivity contribution in [1.82, 2.24) is 9.88 Å². The number of rotatable bonds is 3. The van der Waals surface area contributed by atoms with Gasteiger partial charge in [-0.05, 0) is 37.7 Å². The third-order valence-electron chi connectivity index (χ3n) is 4.49. The molecule has 1 aliphatic rings. The molecule has 1 saturated carbocycles. The van der Waals surface area contributed by atoms with Gasteiger partial charge in [-0.1, -0.05) is 20.3 Å². The minimum Gasteiger partial charge on any atom is -0.347 e. The summed E-state index contributed by atoms with van der Waals surface area (Å²) in [5.41, 5.74) is 1.14. The Kier molecular flexibility index (Phi) is 4.31. The topological polar surface area (TPSA) is 51.1 Å². The van der Waals surface area contributed by atoms with Crippen LogP contribution in [0.1, 0.15) is 60.9 Å². The van der Waals surface area contributed by atoms with Gasteiger partial charge in [0.2, 0.25) is 0 Å². The monoisotopic (exact) mass is 276 g/mol. The summed E-state index contributed by atoms with van der Waals surface area (Å²) in [6, 6.07) is 1.91. The maximum Gasteiger partial charge on any atom is 0.268 e. The molecule has 2 atom stereocenters. The first-order valence-electron chi connectivity index (χ1n) is 7.38. The lowest BCUT2D eigenvalue weighted by atomic mass is 9.78. The maximum absolute atomic E-state index is 12.4. The molecule has 1 amide bonds. The second-order valence-electron chi connectivity index (χ2n) is 6.17. The number of ketones is 1. The largest absolute Gasteiger partial charge is 0.347 e. The van der Waals surface area contributed by atoms with Gasteiger partial charge in [0.05, 0.1) is 0 Å². The van der Waals surface area contributed by atoms with Gasteiger partial charge >= 0.3 is 0 Å². The van der Waals surface area contributed by atoms with Crippen LogP contribution < -0.4 is 5.32 Å². The molecule has 1 aliphatic carbocycles. The zero-order valence-corrected chi connectivity index (χ0v) is 12.8. The molecule has 0 radical (unpaired) electrons. The molecule has 2 rings (SSSR count). The summed E-state index contributed by atoms with van der Waals surface area (Å²) in [6.07, 6.45) is 5.29. The second kappa shape index (κ2) is 5.81. The lowest BCUT2D eigenvalue weighted by Gasteiger charge is -2.35. The highest BCUT2D eigenvalue weighted by molar-refractivity contribution is 5.99. The van der Waals surface area contributed by atoms with Gasteiger partial charge in [-0.2, -0.15) is 0 Å². The van der Waals surface area contributed by atoms with Gasteiger partial charge in [0.1, 0.15) is 5.69 Å². The molecule has 4 nitrogen and oxygen atoms in total. The Bertz CT molecular complexity index is 509. The van der Waals surface area contributed by atoms with Crippen LogP contribution in [-0.4, -0.2) is 22.3 Å². The molecule has 0 aromatic carbocycles. The number of nitrogens with one attached hydrogen (secondary N) is 1. The van der Waals surface area contributed by atoms with Crippen LogP contribution in [0.3, 0.4) is 0 Å². The highest BCUT2D eigenvalue weighted by Gasteiger charge is 2.29. The van der Waals surface area contributed by atoms with Gasteiger partial charge in [-0.25, -0.2) is 0 Å². The number of carbonyl (C=O) groups is 2. The fourth-order valence-corrected chi connectivity index (χ4v) is 3.17. The van der Waals surface area contributed by atoms with E-state index in [-0.39, 0.29) is 17.7 Å². The number of aryl methyl sites for hydroxylation is 1. The van der Waals surface area contributed by atoms with E-state index in [9.17, 15) is 9.59 Å². The number of hydrogen-bond donors (Lipinski definition) is 1. The molecule has 2 unspecified atom stereocenters. The molecule has 0 aliphatic heterocycles. The maximum atomic E-state index is 12.4. The molecule has 1 N–H and O–H groups in total. The minimum atomic E-state index is -0.0781. The molecule has 4 heteroatoms. The van der Waals surface area contributed by atoms with E-state index in [0.29, 0.717) is 23.1 Å². The summed E-state index contributed by atoms with van der Waals surface area (Å²) < 4.78 is 1.73. The summed E-state index contributed by atoms with van der Waals surface area (Å²) in [4.78, 5) is 23.8. The second-order valence-corrected chi connectivity index (χ2v) is 6.17. The van der Waals surface area contributed by atoms with Gasteiger partial charge in [0.15, 0.2) is 5.78 Å². The predicted octanol–water partition coefficient (Wildman–Crippen LogP) is 2.78. The Morgan fingerprint density at radius 3 is 2.35 bits per heavy atom. The van der Waals surface area contributed by atoms with Crippen LogP contribution in [0.25, 0.3) is 0 Å². The molecule has 0 spiro atoms. The van der Waals surface area contributed by atoms with Crippen LogP contribution >= 0.6 is 0 Å². The molecule has 0 bridgehead atoms. The van der Waals surface area contributed by atoms with E-state index in [4.69, 9.17) is 0 Å². The van der Waals surface area contributed by atoms with E-state index in [2.05, 4.69) is 19.2 Å². The molecule has 1 aromatic heterocycles. The summed E-state index contributed by atoms with van der Waals surface area (Å²) in [5, 5.41) is 3.16. The number of Topliss-reactive ketones (excluding diaryl/α,β-unsaturated/α-hetero) is 1. The van der Waals surface area contributed by atoms with Gasteiger partial charge < -0.3 is 9.88 Å². The smallest absolute Gasteiger partial charge is 0.268 e. The third kappa shape index (κ3) is 2.94. The Labute approximate surface area is 120 Å². The summed E-state index contributed by atoms with van der Waals surface area (Å²) in [5.74, 6) is 0.926. The first-order chi connectivity index (χ1) is 9.40. The summed E-state index contributed by atoms with van der Waals surface area (Å²) in [6.45, 7) is 5.92. The van der Waals surface area contributed by atoms with E-state index < -0.39 is 0 Å². The quantitative estimate of drug-likeness (QED) is 0.863. The van der Waals surface area contributed by atoms with Crippen molar-refractivity contribution in [3.05, 3.63) is 23.5 Å². The number of hydrogen-bond acceptors (Lipinski definition) is 2. The fraction of sp³-hybridized carbons (Fsp3) is 0.625. The normalized spacial score (nSPS) is 26.3. The van der Waals surface area contributed by atoms with Gasteiger partial charge in [-0.3, -0.25) is 9.59 Å². The van der Waals surface area contributed by atoms with Crippen LogP contribution in [0.2, 0.25) is 0 Å². The van der Waals surface area contributed by atoms with Crippen LogP contribution in [0.4, 0.5) is 0 Å². The van der Waals surface area contributed by atoms with E-state index in [1.807, 2.05) is 0 Å². The van der Waals surface area contributed by atoms with Gasteiger partial charge in [0, 0.05) is 24.8 Å². The van der Waals surface area contributed by atoms with Crippen LogP contribution in [-0.2, 0) is 7.05 Å². The van der Waals surface area contributed by atoms with Crippen LogP contribution in [0.15, 0.2) is 12.3 Å². The van der Waals surface area contributed by atoms with Crippen LogP contribution in [0, 0.1) is 11.8 Å². The predicted molar refractivity (Wildman–Crippen MR) is 78.9 cm³/mol. The lowest BCUT2D eigenvalue weighted by molar-refractivity contribution is 0.0872. The lowest BCUT2D eigenvalue weighted by Crippen LogP contribution is -2.46. The SMILES string of the molecule is CC(=O)c1cc(C(=O)NC2C(C)CCCC2C)n(C)c1. The average Bonchev–Trinajstić information content (AvgIpc) is 2.76.